The van der Waals surface area contributed by atoms with E-state index in [0.29, 0.717) is 16.5 Å². The summed E-state index contributed by atoms with van der Waals surface area (Å²) in [6.07, 6.45) is 1.77. The molecule has 1 saturated heterocycles. The molecule has 1 aliphatic heterocycles. The van der Waals surface area contributed by atoms with E-state index in [2.05, 4.69) is 16.4 Å². The van der Waals surface area contributed by atoms with Crippen LogP contribution in [-0.2, 0) is 0 Å². The van der Waals surface area contributed by atoms with Crippen molar-refractivity contribution in [2.24, 2.45) is 0 Å². The van der Waals surface area contributed by atoms with Crippen molar-refractivity contribution < 1.29 is 9.66 Å². The molecule has 3 heterocycles. The molecule has 3 aromatic rings. The number of ether oxygens (including phenoxy) is 1. The molecule has 0 unspecified atom stereocenters. The Labute approximate surface area is 185 Å². The van der Waals surface area contributed by atoms with E-state index in [-0.39, 0.29) is 17.8 Å². The molecule has 0 saturated carbocycles. The van der Waals surface area contributed by atoms with Crippen LogP contribution in [0.15, 0.2) is 48.7 Å². The van der Waals surface area contributed by atoms with Crippen molar-refractivity contribution in [3.63, 3.8) is 0 Å². The zero-order valence-corrected chi connectivity index (χ0v) is 18.5. The highest BCUT2D eigenvalue weighted by atomic mass is 32.1. The molecule has 0 amide bonds. The number of nitro benzene ring substituents is 1. The van der Waals surface area contributed by atoms with Crippen LogP contribution < -0.4 is 10.1 Å². The maximum Gasteiger partial charge on any atom is 0.271 e. The first-order chi connectivity index (χ1) is 14.8. The molecule has 31 heavy (non-hydrogen) atoms. The molecule has 0 bridgehead atoms. The molecule has 0 radical (unpaired) electrons. The van der Waals surface area contributed by atoms with E-state index in [9.17, 15) is 10.1 Å². The van der Waals surface area contributed by atoms with E-state index < -0.39 is 4.92 Å². The average Bonchev–Trinajstić information content (AvgIpc) is 3.22. The Morgan fingerprint density at radius 2 is 2.00 bits per heavy atom. The van der Waals surface area contributed by atoms with Gasteiger partial charge >= 0.3 is 0 Å². The Morgan fingerprint density at radius 1 is 1.23 bits per heavy atom. The topological polar surface area (TPSA) is 85.5 Å². The van der Waals surface area contributed by atoms with Crippen LogP contribution in [0.3, 0.4) is 0 Å². The summed E-state index contributed by atoms with van der Waals surface area (Å²) in [5.74, 6) is 0.564. The van der Waals surface area contributed by atoms with E-state index in [1.807, 2.05) is 48.6 Å². The fraction of sp³-hybridized carbons (Fsp3) is 0.273. The maximum atomic E-state index is 11.4. The summed E-state index contributed by atoms with van der Waals surface area (Å²) in [5.41, 5.74) is 4.51. The molecule has 8 nitrogen and oxygen atoms in total. The van der Waals surface area contributed by atoms with Crippen LogP contribution in [0, 0.1) is 24.0 Å². The number of nitrogens with zero attached hydrogens (tertiary/aromatic N) is 4. The van der Waals surface area contributed by atoms with Gasteiger partial charge in [-0.1, -0.05) is 6.07 Å². The van der Waals surface area contributed by atoms with E-state index in [4.69, 9.17) is 17.0 Å². The largest absolute Gasteiger partial charge is 0.495 e. The highest BCUT2D eigenvalue weighted by Crippen LogP contribution is 2.41. The van der Waals surface area contributed by atoms with Crippen molar-refractivity contribution in [2.45, 2.75) is 25.9 Å². The SMILES string of the molecule is COc1ccc([N+](=O)[O-])cc1-n1c(C)cc([C@@H]2[C@H](c3ccccn3)NC(=S)N2C)c1C. The van der Waals surface area contributed by atoms with Crippen molar-refractivity contribution in [1.29, 1.82) is 0 Å². The minimum absolute atomic E-state index is 0.0111. The van der Waals surface area contributed by atoms with Crippen molar-refractivity contribution >= 4 is 23.0 Å². The smallest absolute Gasteiger partial charge is 0.271 e. The number of hydrogen-bond donors (Lipinski definition) is 1. The highest BCUT2D eigenvalue weighted by molar-refractivity contribution is 7.80. The van der Waals surface area contributed by atoms with Gasteiger partial charge in [-0.2, -0.15) is 0 Å². The summed E-state index contributed by atoms with van der Waals surface area (Å²) in [7, 11) is 3.52. The number of aryl methyl sites for hydroxylation is 1. The maximum absolute atomic E-state index is 11.4. The van der Waals surface area contributed by atoms with Crippen molar-refractivity contribution in [2.75, 3.05) is 14.2 Å². The van der Waals surface area contributed by atoms with Crippen LogP contribution in [0.2, 0.25) is 0 Å². The number of rotatable bonds is 5. The second-order valence-corrected chi connectivity index (χ2v) is 7.90. The van der Waals surface area contributed by atoms with Gasteiger partial charge in [-0.15, -0.1) is 0 Å². The molecule has 2 atom stereocenters. The number of benzene rings is 1. The number of methoxy groups -OCH3 is 1. The fourth-order valence-corrected chi connectivity index (χ4v) is 4.51. The van der Waals surface area contributed by atoms with Crippen LogP contribution in [0.5, 0.6) is 5.75 Å². The number of thiocarbonyl (C=S) groups is 1. The highest BCUT2D eigenvalue weighted by Gasteiger charge is 2.39. The van der Waals surface area contributed by atoms with Crippen LogP contribution in [0.1, 0.15) is 34.7 Å². The third kappa shape index (κ3) is 3.50. The normalized spacial score (nSPS) is 18.2. The predicted molar refractivity (Wildman–Crippen MR) is 122 cm³/mol. The second kappa shape index (κ2) is 7.99. The zero-order valence-electron chi connectivity index (χ0n) is 17.7. The van der Waals surface area contributed by atoms with Gasteiger partial charge in [-0.25, -0.2) is 0 Å². The summed E-state index contributed by atoms with van der Waals surface area (Å²) in [6.45, 7) is 3.98. The molecule has 0 spiro atoms. The van der Waals surface area contributed by atoms with Gasteiger partial charge in [0, 0.05) is 36.8 Å². The van der Waals surface area contributed by atoms with Gasteiger partial charge in [0.1, 0.15) is 5.75 Å². The first-order valence-electron chi connectivity index (χ1n) is 9.79. The number of nitro groups is 1. The van der Waals surface area contributed by atoms with Crippen LogP contribution >= 0.6 is 12.2 Å². The number of likely N-dealkylation sites (N-methyl/N-ethyl adjacent to an activating group) is 1. The van der Waals surface area contributed by atoms with Gasteiger partial charge in [0.05, 0.1) is 35.5 Å². The van der Waals surface area contributed by atoms with Gasteiger partial charge < -0.3 is 19.5 Å². The van der Waals surface area contributed by atoms with Crippen LogP contribution in [-0.4, -0.2) is 38.6 Å². The minimum Gasteiger partial charge on any atom is -0.495 e. The Hall–Kier alpha value is -3.46. The first-order valence-corrected chi connectivity index (χ1v) is 10.2. The Balaban J connectivity index is 1.86. The molecular weight excluding hydrogens is 414 g/mol. The molecule has 1 aliphatic rings. The minimum atomic E-state index is -0.401. The lowest BCUT2D eigenvalue weighted by Crippen LogP contribution is -2.25. The Bertz CT molecular complexity index is 1160. The third-order valence-electron chi connectivity index (χ3n) is 5.74. The predicted octanol–water partition coefficient (Wildman–Crippen LogP) is 4.01. The van der Waals surface area contributed by atoms with Gasteiger partial charge in [0.2, 0.25) is 0 Å². The fourth-order valence-electron chi connectivity index (χ4n) is 4.27. The van der Waals surface area contributed by atoms with E-state index in [1.165, 1.54) is 6.07 Å². The zero-order chi connectivity index (χ0) is 22.3. The molecule has 1 N–H and O–H groups in total. The van der Waals surface area contributed by atoms with E-state index >= 15 is 0 Å². The van der Waals surface area contributed by atoms with Crippen molar-refractivity contribution in [1.82, 2.24) is 19.8 Å². The molecule has 2 aromatic heterocycles. The Kier molecular flexibility index (Phi) is 5.36. The van der Waals surface area contributed by atoms with Gasteiger partial charge in [-0.05, 0) is 55.9 Å². The molecule has 1 aromatic carbocycles. The molecule has 0 aliphatic carbocycles. The lowest BCUT2D eigenvalue weighted by Gasteiger charge is -2.24. The average molecular weight is 438 g/mol. The summed E-state index contributed by atoms with van der Waals surface area (Å²) in [4.78, 5) is 17.5. The lowest BCUT2D eigenvalue weighted by molar-refractivity contribution is -0.384. The number of pyridine rings is 1. The molecule has 4 rings (SSSR count). The van der Waals surface area contributed by atoms with Crippen molar-refractivity contribution in [3.8, 4) is 11.4 Å². The third-order valence-corrected chi connectivity index (χ3v) is 6.15. The number of non-ortho nitro benzene ring substituents is 1. The monoisotopic (exact) mass is 437 g/mol. The summed E-state index contributed by atoms with van der Waals surface area (Å²) in [5, 5.41) is 15.4. The van der Waals surface area contributed by atoms with Gasteiger partial charge in [0.15, 0.2) is 5.11 Å². The quantitative estimate of drug-likeness (QED) is 0.367. The number of hydrogen-bond acceptors (Lipinski definition) is 5. The molecule has 160 valence electrons. The molecular formula is C22H23N5O3S. The molecule has 1 fully saturated rings. The van der Waals surface area contributed by atoms with Gasteiger partial charge in [-0.3, -0.25) is 15.1 Å². The number of aromatic nitrogens is 2. The standard InChI is InChI=1S/C22H23N5O3S/c1-13-11-16(21-20(24-22(31)25(21)3)17-7-5-6-10-23-17)14(2)26(13)18-12-15(27(28)29)8-9-19(18)30-4/h5-12,20-21H,1-4H3,(H,24,31)/t20-,21+/m0/s1. The van der Waals surface area contributed by atoms with Crippen LogP contribution in [0.4, 0.5) is 5.69 Å². The van der Waals surface area contributed by atoms with Gasteiger partial charge in [0.25, 0.3) is 5.69 Å². The summed E-state index contributed by atoms with van der Waals surface area (Å²) < 4.78 is 7.50. The Morgan fingerprint density at radius 3 is 2.65 bits per heavy atom. The second-order valence-electron chi connectivity index (χ2n) is 7.51. The van der Waals surface area contributed by atoms with Crippen molar-refractivity contribution in [3.05, 3.63) is 81.4 Å². The summed E-state index contributed by atoms with van der Waals surface area (Å²) >= 11 is 5.54. The molecule has 9 heteroatoms. The summed E-state index contributed by atoms with van der Waals surface area (Å²) in [6, 6.07) is 12.3. The lowest BCUT2D eigenvalue weighted by atomic mass is 9.97. The number of nitrogens with one attached hydrogen (secondary N) is 1. The van der Waals surface area contributed by atoms with E-state index in [1.54, 1.807) is 25.4 Å². The van der Waals surface area contributed by atoms with E-state index in [0.717, 1.165) is 22.6 Å². The first kappa shape index (κ1) is 20.8. The van der Waals surface area contributed by atoms with Crippen LogP contribution in [0.25, 0.3) is 5.69 Å².